The molecule has 5 nitrogen and oxygen atoms in total. The lowest BCUT2D eigenvalue weighted by molar-refractivity contribution is -0.384. The number of benzene rings is 1. The molecule has 1 unspecified atom stereocenters. The van der Waals surface area contributed by atoms with Crippen molar-refractivity contribution in [1.29, 1.82) is 0 Å². The smallest absolute Gasteiger partial charge is 0.313 e. The predicted molar refractivity (Wildman–Crippen MR) is 45.9 cm³/mol. The van der Waals surface area contributed by atoms with E-state index in [2.05, 4.69) is 0 Å². The fourth-order valence-electron chi connectivity index (χ4n) is 1.33. The SMILES string of the molecule is O=[N+]([O-])c1ccc2c(c1)BOC2O. The summed E-state index contributed by atoms with van der Waals surface area (Å²) in [4.78, 5) is 9.92. The molecule has 0 amide bonds. The Balaban J connectivity index is 2.45. The fraction of sp³-hybridized carbons (Fsp3) is 0.143. The molecule has 1 heterocycles. The van der Waals surface area contributed by atoms with Crippen molar-refractivity contribution in [3.8, 4) is 0 Å². The van der Waals surface area contributed by atoms with E-state index in [1.807, 2.05) is 0 Å². The second-order valence-corrected chi connectivity index (χ2v) is 2.80. The van der Waals surface area contributed by atoms with Gasteiger partial charge in [-0.1, -0.05) is 0 Å². The average Bonchev–Trinajstić information content (AvgIpc) is 2.47. The zero-order valence-electron chi connectivity index (χ0n) is 6.64. The zero-order chi connectivity index (χ0) is 9.42. The van der Waals surface area contributed by atoms with Crippen LogP contribution in [0.4, 0.5) is 5.69 Å². The maximum Gasteiger partial charge on any atom is 0.313 e. The van der Waals surface area contributed by atoms with Gasteiger partial charge in [-0.15, -0.1) is 0 Å². The molecule has 0 radical (unpaired) electrons. The Labute approximate surface area is 74.4 Å². The third-order valence-electron chi connectivity index (χ3n) is 2.00. The molecule has 0 aromatic heterocycles. The van der Waals surface area contributed by atoms with Crippen LogP contribution in [0.3, 0.4) is 0 Å². The highest BCUT2D eigenvalue weighted by molar-refractivity contribution is 6.49. The van der Waals surface area contributed by atoms with Gasteiger partial charge in [0.15, 0.2) is 6.29 Å². The first-order valence-corrected chi connectivity index (χ1v) is 3.75. The van der Waals surface area contributed by atoms with Crippen LogP contribution in [0.1, 0.15) is 11.9 Å². The molecule has 2 rings (SSSR count). The maximum absolute atomic E-state index is 10.4. The Morgan fingerprint density at radius 2 is 2.38 bits per heavy atom. The van der Waals surface area contributed by atoms with E-state index in [-0.39, 0.29) is 13.2 Å². The van der Waals surface area contributed by atoms with Gasteiger partial charge < -0.3 is 9.76 Å². The van der Waals surface area contributed by atoms with E-state index in [4.69, 9.17) is 4.65 Å². The number of nitro groups is 1. The van der Waals surface area contributed by atoms with Gasteiger partial charge in [-0.25, -0.2) is 0 Å². The number of fused-ring (bicyclic) bond motifs is 1. The van der Waals surface area contributed by atoms with E-state index in [9.17, 15) is 15.2 Å². The lowest BCUT2D eigenvalue weighted by Gasteiger charge is -2.01. The summed E-state index contributed by atoms with van der Waals surface area (Å²) in [6.07, 6.45) is -0.934. The summed E-state index contributed by atoms with van der Waals surface area (Å²) in [6, 6.07) is 4.30. The van der Waals surface area contributed by atoms with Crippen LogP contribution in [-0.2, 0) is 4.65 Å². The number of aliphatic hydroxyl groups excluding tert-OH is 1. The van der Waals surface area contributed by atoms with E-state index in [0.29, 0.717) is 11.0 Å². The minimum atomic E-state index is -0.934. The van der Waals surface area contributed by atoms with Crippen LogP contribution < -0.4 is 5.46 Å². The van der Waals surface area contributed by atoms with Crippen LogP contribution in [0, 0.1) is 10.1 Å². The topological polar surface area (TPSA) is 72.6 Å². The van der Waals surface area contributed by atoms with Gasteiger partial charge >= 0.3 is 7.48 Å². The molecular weight excluding hydrogens is 173 g/mol. The Kier molecular flexibility index (Phi) is 1.79. The summed E-state index contributed by atoms with van der Waals surface area (Å²) in [6.45, 7) is 0. The predicted octanol–water partition coefficient (Wildman–Crippen LogP) is -0.407. The molecule has 0 spiro atoms. The minimum Gasteiger partial charge on any atom is -0.408 e. The van der Waals surface area contributed by atoms with Gasteiger partial charge in [0, 0.05) is 17.7 Å². The van der Waals surface area contributed by atoms with E-state index < -0.39 is 11.2 Å². The number of hydrogen-bond acceptors (Lipinski definition) is 4. The second-order valence-electron chi connectivity index (χ2n) is 2.80. The van der Waals surface area contributed by atoms with Gasteiger partial charge in [-0.05, 0) is 11.5 Å². The van der Waals surface area contributed by atoms with E-state index in [1.54, 1.807) is 0 Å². The fourth-order valence-corrected chi connectivity index (χ4v) is 1.33. The highest BCUT2D eigenvalue weighted by atomic mass is 16.6. The van der Waals surface area contributed by atoms with Crippen LogP contribution in [0.15, 0.2) is 18.2 Å². The third kappa shape index (κ3) is 1.30. The van der Waals surface area contributed by atoms with Gasteiger partial charge in [-0.2, -0.15) is 0 Å². The largest absolute Gasteiger partial charge is 0.408 e. The monoisotopic (exact) mass is 179 g/mol. The number of nitro benzene ring substituents is 1. The van der Waals surface area contributed by atoms with Gasteiger partial charge in [0.25, 0.3) is 5.69 Å². The molecule has 0 bridgehead atoms. The molecule has 0 saturated carbocycles. The van der Waals surface area contributed by atoms with E-state index >= 15 is 0 Å². The highest BCUT2D eigenvalue weighted by Gasteiger charge is 2.23. The first-order valence-electron chi connectivity index (χ1n) is 3.75. The van der Waals surface area contributed by atoms with Crippen LogP contribution in [-0.4, -0.2) is 17.5 Å². The van der Waals surface area contributed by atoms with Crippen molar-refractivity contribution < 1.29 is 14.7 Å². The van der Waals surface area contributed by atoms with E-state index in [1.165, 1.54) is 18.2 Å². The molecule has 6 heteroatoms. The Morgan fingerprint density at radius 3 is 3.08 bits per heavy atom. The number of aliphatic hydroxyl groups is 1. The first-order chi connectivity index (χ1) is 6.18. The summed E-state index contributed by atoms with van der Waals surface area (Å²) in [5, 5.41) is 19.6. The molecule has 0 aliphatic carbocycles. The standard InChI is InChI=1S/C7H6BNO4/c10-7-5-2-1-4(9(11)12)3-6(5)8-13-7/h1-3,7-8,10H. The Bertz CT molecular complexity index is 368. The van der Waals surface area contributed by atoms with Crippen LogP contribution in [0.25, 0.3) is 0 Å². The summed E-state index contributed by atoms with van der Waals surface area (Å²) >= 11 is 0. The summed E-state index contributed by atoms with van der Waals surface area (Å²) in [5.41, 5.74) is 1.32. The van der Waals surface area contributed by atoms with Gasteiger partial charge in [-0.3, -0.25) is 10.1 Å². The number of non-ortho nitro benzene ring substituents is 1. The van der Waals surface area contributed by atoms with Crippen LogP contribution in [0.2, 0.25) is 0 Å². The summed E-state index contributed by atoms with van der Waals surface area (Å²) in [7, 11) is 0.234. The van der Waals surface area contributed by atoms with Crippen LogP contribution in [0.5, 0.6) is 0 Å². The molecule has 1 aromatic rings. The molecule has 1 aliphatic heterocycles. The normalized spacial score (nSPS) is 19.3. The number of nitrogens with zero attached hydrogens (tertiary/aromatic N) is 1. The number of rotatable bonds is 1. The molecular formula is C7H6BNO4. The summed E-state index contributed by atoms with van der Waals surface area (Å²) in [5.74, 6) is 0. The average molecular weight is 179 g/mol. The van der Waals surface area contributed by atoms with Crippen molar-refractivity contribution in [1.82, 2.24) is 0 Å². The van der Waals surface area contributed by atoms with Crippen molar-refractivity contribution in [2.75, 3.05) is 0 Å². The van der Waals surface area contributed by atoms with Gasteiger partial charge in [0.05, 0.1) is 4.92 Å². The zero-order valence-corrected chi connectivity index (χ0v) is 6.64. The van der Waals surface area contributed by atoms with Crippen molar-refractivity contribution in [2.24, 2.45) is 0 Å². The second kappa shape index (κ2) is 2.83. The maximum atomic E-state index is 10.4. The Morgan fingerprint density at radius 1 is 1.62 bits per heavy atom. The lowest BCUT2D eigenvalue weighted by atomic mass is 9.87. The molecule has 1 N–H and O–H groups in total. The van der Waals surface area contributed by atoms with Crippen molar-refractivity contribution in [2.45, 2.75) is 6.29 Å². The van der Waals surface area contributed by atoms with Gasteiger partial charge in [0.1, 0.15) is 0 Å². The molecule has 66 valence electrons. The quantitative estimate of drug-likeness (QED) is 0.361. The molecule has 13 heavy (non-hydrogen) atoms. The van der Waals surface area contributed by atoms with Crippen LogP contribution >= 0.6 is 0 Å². The van der Waals surface area contributed by atoms with Gasteiger partial charge in [0.2, 0.25) is 0 Å². The lowest BCUT2D eigenvalue weighted by Crippen LogP contribution is -2.11. The number of hydrogen-bond donors (Lipinski definition) is 1. The van der Waals surface area contributed by atoms with Crippen molar-refractivity contribution in [3.63, 3.8) is 0 Å². The molecule has 1 aliphatic rings. The molecule has 1 atom stereocenters. The van der Waals surface area contributed by atoms with E-state index in [0.717, 1.165) is 0 Å². The van der Waals surface area contributed by atoms with Crippen molar-refractivity contribution in [3.05, 3.63) is 33.9 Å². The molecule has 0 fully saturated rings. The molecule has 0 saturated heterocycles. The third-order valence-corrected chi connectivity index (χ3v) is 2.00. The first kappa shape index (κ1) is 8.21. The molecule has 1 aromatic carbocycles. The van der Waals surface area contributed by atoms with Crippen molar-refractivity contribution >= 4 is 18.6 Å². The minimum absolute atomic E-state index is 0.0245. The summed E-state index contributed by atoms with van der Waals surface area (Å²) < 4.78 is 4.89. The highest BCUT2D eigenvalue weighted by Crippen LogP contribution is 2.20. The Hall–Kier alpha value is -1.40.